The average Bonchev–Trinajstić information content (AvgIpc) is 2.62. The van der Waals surface area contributed by atoms with Crippen LogP contribution in [0, 0.1) is 0 Å². The van der Waals surface area contributed by atoms with Gasteiger partial charge in [-0.3, -0.25) is 5.32 Å². The summed E-state index contributed by atoms with van der Waals surface area (Å²) in [5.41, 5.74) is 4.34. The molecule has 3 nitrogen and oxygen atoms in total. The van der Waals surface area contributed by atoms with Crippen LogP contribution in [-0.2, 0) is 4.74 Å². The third kappa shape index (κ3) is 13.3. The van der Waals surface area contributed by atoms with Crippen molar-refractivity contribution in [1.82, 2.24) is 5.32 Å². The van der Waals surface area contributed by atoms with Crippen molar-refractivity contribution in [3.8, 4) is 0 Å². The van der Waals surface area contributed by atoms with Crippen molar-refractivity contribution in [3.05, 3.63) is 34.9 Å². The van der Waals surface area contributed by atoms with Crippen molar-refractivity contribution in [2.24, 2.45) is 0 Å². The van der Waals surface area contributed by atoms with Gasteiger partial charge >= 0.3 is 0 Å². The standard InChI is InChI=1S/C25H45NO2/c1-20(2)12-9-13-21(3)14-10-15-22(4)16-11-17-23(5)28-25(27)26-24-18-7-6-8-19-24/h12,14,16,23-27H,6-11,13,15,17-19H2,1-5H3/b21-14+,22-16+. The van der Waals surface area contributed by atoms with Crippen molar-refractivity contribution < 1.29 is 9.84 Å². The van der Waals surface area contributed by atoms with Crippen LogP contribution >= 0.6 is 0 Å². The Bertz CT molecular complexity index is 497. The second-order valence-corrected chi connectivity index (χ2v) is 8.84. The molecule has 2 atom stereocenters. The Morgan fingerprint density at radius 1 is 0.929 bits per heavy atom. The normalized spacial score (nSPS) is 18.8. The molecule has 1 aliphatic carbocycles. The van der Waals surface area contributed by atoms with E-state index >= 15 is 0 Å². The molecule has 1 fully saturated rings. The van der Waals surface area contributed by atoms with E-state index in [1.165, 1.54) is 42.4 Å². The molecule has 0 aromatic carbocycles. The van der Waals surface area contributed by atoms with Gasteiger partial charge in [0.2, 0.25) is 6.41 Å². The average molecular weight is 392 g/mol. The van der Waals surface area contributed by atoms with Crippen LogP contribution in [0.4, 0.5) is 0 Å². The molecular weight excluding hydrogens is 346 g/mol. The predicted octanol–water partition coefficient (Wildman–Crippen LogP) is 6.79. The SMILES string of the molecule is CC(C)=CCC/C(C)=C/CC/C(C)=C/CCC(C)OC(O)NC1CCCCC1. The molecule has 0 spiro atoms. The first-order valence-electron chi connectivity index (χ1n) is 11.4. The largest absolute Gasteiger partial charge is 0.356 e. The third-order valence-corrected chi connectivity index (χ3v) is 5.53. The monoisotopic (exact) mass is 391 g/mol. The summed E-state index contributed by atoms with van der Waals surface area (Å²) in [6.07, 6.45) is 18.9. The Balaban J connectivity index is 2.15. The van der Waals surface area contributed by atoms with Gasteiger partial charge in [-0.1, -0.05) is 54.2 Å². The number of aliphatic hydroxyl groups is 1. The van der Waals surface area contributed by atoms with Crippen molar-refractivity contribution in [1.29, 1.82) is 0 Å². The van der Waals surface area contributed by atoms with Crippen LogP contribution in [0.2, 0.25) is 0 Å². The highest BCUT2D eigenvalue weighted by Crippen LogP contribution is 2.18. The lowest BCUT2D eigenvalue weighted by molar-refractivity contribution is -0.156. The minimum absolute atomic E-state index is 0.0624. The van der Waals surface area contributed by atoms with E-state index in [2.05, 4.69) is 51.2 Å². The van der Waals surface area contributed by atoms with Gasteiger partial charge in [0.25, 0.3) is 0 Å². The van der Waals surface area contributed by atoms with E-state index < -0.39 is 6.41 Å². The maximum absolute atomic E-state index is 10.1. The summed E-state index contributed by atoms with van der Waals surface area (Å²) in [7, 11) is 0. The molecule has 162 valence electrons. The zero-order valence-corrected chi connectivity index (χ0v) is 19.1. The van der Waals surface area contributed by atoms with E-state index in [9.17, 15) is 5.11 Å². The lowest BCUT2D eigenvalue weighted by Gasteiger charge is -2.27. The Morgan fingerprint density at radius 3 is 2.11 bits per heavy atom. The maximum Gasteiger partial charge on any atom is 0.213 e. The molecule has 3 heteroatoms. The highest BCUT2D eigenvalue weighted by atomic mass is 16.6. The highest BCUT2D eigenvalue weighted by molar-refractivity contribution is 5.05. The summed E-state index contributed by atoms with van der Waals surface area (Å²) in [5, 5.41) is 13.3. The Kier molecular flexibility index (Phi) is 13.5. The lowest BCUT2D eigenvalue weighted by Crippen LogP contribution is -2.42. The summed E-state index contributed by atoms with van der Waals surface area (Å²) in [5.74, 6) is 0. The molecule has 1 rings (SSSR count). The van der Waals surface area contributed by atoms with E-state index in [-0.39, 0.29) is 6.10 Å². The van der Waals surface area contributed by atoms with Crippen molar-refractivity contribution >= 4 is 0 Å². The number of rotatable bonds is 13. The summed E-state index contributed by atoms with van der Waals surface area (Å²) in [6.45, 7) is 10.8. The quantitative estimate of drug-likeness (QED) is 0.268. The van der Waals surface area contributed by atoms with Crippen LogP contribution < -0.4 is 5.32 Å². The van der Waals surface area contributed by atoms with Gasteiger partial charge in [0.1, 0.15) is 0 Å². The van der Waals surface area contributed by atoms with Crippen LogP contribution in [-0.4, -0.2) is 23.7 Å². The van der Waals surface area contributed by atoms with Gasteiger partial charge in [-0.2, -0.15) is 0 Å². The minimum Gasteiger partial charge on any atom is -0.356 e. The first kappa shape index (κ1) is 25.1. The van der Waals surface area contributed by atoms with Crippen LogP contribution in [0.5, 0.6) is 0 Å². The molecule has 0 radical (unpaired) electrons. The summed E-state index contributed by atoms with van der Waals surface area (Å²) >= 11 is 0. The fourth-order valence-electron chi connectivity index (χ4n) is 3.70. The zero-order chi connectivity index (χ0) is 20.8. The van der Waals surface area contributed by atoms with E-state index in [1.807, 2.05) is 6.92 Å². The van der Waals surface area contributed by atoms with Gasteiger partial charge in [-0.15, -0.1) is 0 Å². The molecule has 1 saturated carbocycles. The van der Waals surface area contributed by atoms with Crippen LogP contribution in [0.1, 0.15) is 105 Å². The molecule has 28 heavy (non-hydrogen) atoms. The van der Waals surface area contributed by atoms with Crippen LogP contribution in [0.15, 0.2) is 34.9 Å². The maximum atomic E-state index is 10.1. The van der Waals surface area contributed by atoms with Gasteiger partial charge in [0.15, 0.2) is 0 Å². The Morgan fingerprint density at radius 2 is 1.50 bits per heavy atom. The molecule has 0 amide bonds. The van der Waals surface area contributed by atoms with Crippen molar-refractivity contribution in [3.63, 3.8) is 0 Å². The molecule has 2 N–H and O–H groups in total. The third-order valence-electron chi connectivity index (χ3n) is 5.53. The second-order valence-electron chi connectivity index (χ2n) is 8.84. The Labute approximate surface area is 174 Å². The van der Waals surface area contributed by atoms with Gasteiger partial charge in [0, 0.05) is 6.04 Å². The molecule has 1 aliphatic rings. The smallest absolute Gasteiger partial charge is 0.213 e. The molecule has 0 heterocycles. The number of hydrogen-bond donors (Lipinski definition) is 2. The van der Waals surface area contributed by atoms with Crippen molar-refractivity contribution in [2.45, 2.75) is 124 Å². The number of aliphatic hydroxyl groups excluding tert-OH is 1. The van der Waals surface area contributed by atoms with E-state index in [0.717, 1.165) is 44.9 Å². The molecule has 0 aromatic rings. The fraction of sp³-hybridized carbons (Fsp3) is 0.760. The summed E-state index contributed by atoms with van der Waals surface area (Å²) in [6, 6.07) is 0.414. The lowest BCUT2D eigenvalue weighted by atomic mass is 9.96. The van der Waals surface area contributed by atoms with E-state index in [1.54, 1.807) is 0 Å². The van der Waals surface area contributed by atoms with Gasteiger partial charge in [-0.25, -0.2) is 0 Å². The number of allylic oxidation sites excluding steroid dienone is 6. The number of nitrogens with one attached hydrogen (secondary N) is 1. The molecule has 0 aliphatic heterocycles. The highest BCUT2D eigenvalue weighted by Gasteiger charge is 2.17. The topological polar surface area (TPSA) is 41.5 Å². The summed E-state index contributed by atoms with van der Waals surface area (Å²) in [4.78, 5) is 0. The molecule has 0 saturated heterocycles. The number of ether oxygens (including phenoxy) is 1. The first-order valence-corrected chi connectivity index (χ1v) is 11.4. The Hall–Kier alpha value is -0.900. The van der Waals surface area contributed by atoms with E-state index in [0.29, 0.717) is 6.04 Å². The minimum atomic E-state index is -0.831. The zero-order valence-electron chi connectivity index (χ0n) is 19.1. The fourth-order valence-corrected chi connectivity index (χ4v) is 3.70. The molecule has 0 aromatic heterocycles. The van der Waals surface area contributed by atoms with Gasteiger partial charge < -0.3 is 9.84 Å². The molecular formula is C25H45NO2. The van der Waals surface area contributed by atoms with Crippen molar-refractivity contribution in [2.75, 3.05) is 0 Å². The van der Waals surface area contributed by atoms with Crippen LogP contribution in [0.3, 0.4) is 0 Å². The van der Waals surface area contributed by atoms with Crippen LogP contribution in [0.25, 0.3) is 0 Å². The van der Waals surface area contributed by atoms with Gasteiger partial charge in [0.05, 0.1) is 6.10 Å². The predicted molar refractivity (Wildman–Crippen MR) is 121 cm³/mol. The van der Waals surface area contributed by atoms with E-state index in [4.69, 9.17) is 4.74 Å². The first-order chi connectivity index (χ1) is 13.4. The molecule has 0 bridgehead atoms. The summed E-state index contributed by atoms with van der Waals surface area (Å²) < 4.78 is 5.70. The molecule has 2 unspecified atom stereocenters. The number of hydrogen-bond acceptors (Lipinski definition) is 3. The second kappa shape index (κ2) is 15.0. The van der Waals surface area contributed by atoms with Gasteiger partial charge in [-0.05, 0) is 86.0 Å².